The van der Waals surface area contributed by atoms with Crippen LogP contribution < -0.4 is 10.6 Å². The van der Waals surface area contributed by atoms with Gasteiger partial charge in [0.25, 0.3) is 5.91 Å². The number of rotatable bonds is 5. The highest BCUT2D eigenvalue weighted by Crippen LogP contribution is 2.13. The maximum Gasteiger partial charge on any atom is 0.274 e. The van der Waals surface area contributed by atoms with E-state index in [0.29, 0.717) is 18.1 Å². The lowest BCUT2D eigenvalue weighted by Crippen LogP contribution is -2.14. The fraction of sp³-hybridized carbons (Fsp3) is 0.150. The minimum atomic E-state index is -0.258. The quantitative estimate of drug-likeness (QED) is 0.742. The third kappa shape index (κ3) is 4.64. The Balaban J connectivity index is 1.67. The third-order valence-corrected chi connectivity index (χ3v) is 3.73. The molecule has 0 aliphatic heterocycles. The van der Waals surface area contributed by atoms with Crippen molar-refractivity contribution in [3.8, 4) is 0 Å². The number of amides is 1. The minimum absolute atomic E-state index is 0.258. The van der Waals surface area contributed by atoms with E-state index in [1.807, 2.05) is 43.3 Å². The molecule has 1 heterocycles. The van der Waals surface area contributed by atoms with E-state index in [-0.39, 0.29) is 5.91 Å². The number of carbonyl (C=O) groups excluding carboxylic acids is 1. The van der Waals surface area contributed by atoms with Crippen molar-refractivity contribution >= 4 is 17.4 Å². The SMILES string of the molecule is Cc1cccc(CNc2cc(C(=O)Nc3cccc(C)c3)ncn2)c1. The first kappa shape index (κ1) is 16.6. The Morgan fingerprint density at radius 2 is 1.72 bits per heavy atom. The lowest BCUT2D eigenvalue weighted by molar-refractivity contribution is 0.102. The van der Waals surface area contributed by atoms with Gasteiger partial charge in [-0.05, 0) is 37.1 Å². The van der Waals surface area contributed by atoms with Gasteiger partial charge in [-0.2, -0.15) is 0 Å². The van der Waals surface area contributed by atoms with E-state index in [2.05, 4.69) is 39.7 Å². The van der Waals surface area contributed by atoms with Crippen LogP contribution in [0.4, 0.5) is 11.5 Å². The van der Waals surface area contributed by atoms with Gasteiger partial charge in [-0.15, -0.1) is 0 Å². The zero-order valence-corrected chi connectivity index (χ0v) is 14.3. The molecule has 5 heteroatoms. The van der Waals surface area contributed by atoms with E-state index in [1.54, 1.807) is 6.07 Å². The second-order valence-electron chi connectivity index (χ2n) is 5.95. The molecule has 3 aromatic rings. The number of anilines is 2. The van der Waals surface area contributed by atoms with E-state index in [1.165, 1.54) is 11.9 Å². The van der Waals surface area contributed by atoms with Crippen molar-refractivity contribution in [3.05, 3.63) is 83.3 Å². The number of carbonyl (C=O) groups is 1. The summed E-state index contributed by atoms with van der Waals surface area (Å²) < 4.78 is 0. The monoisotopic (exact) mass is 332 g/mol. The Bertz CT molecular complexity index is 892. The summed E-state index contributed by atoms with van der Waals surface area (Å²) in [7, 11) is 0. The van der Waals surface area contributed by atoms with E-state index < -0.39 is 0 Å². The summed E-state index contributed by atoms with van der Waals surface area (Å²) in [5.74, 6) is 0.359. The van der Waals surface area contributed by atoms with E-state index >= 15 is 0 Å². The van der Waals surface area contributed by atoms with Gasteiger partial charge in [0.2, 0.25) is 0 Å². The van der Waals surface area contributed by atoms with Crippen LogP contribution in [-0.2, 0) is 6.54 Å². The molecule has 126 valence electrons. The summed E-state index contributed by atoms with van der Waals surface area (Å²) in [5, 5.41) is 6.08. The van der Waals surface area contributed by atoms with E-state index in [0.717, 1.165) is 16.8 Å². The van der Waals surface area contributed by atoms with Crippen LogP contribution >= 0.6 is 0 Å². The highest BCUT2D eigenvalue weighted by molar-refractivity contribution is 6.03. The van der Waals surface area contributed by atoms with Crippen LogP contribution in [0.2, 0.25) is 0 Å². The van der Waals surface area contributed by atoms with Gasteiger partial charge in [-0.1, -0.05) is 42.0 Å². The number of hydrogen-bond donors (Lipinski definition) is 2. The van der Waals surface area contributed by atoms with Crippen molar-refractivity contribution in [1.29, 1.82) is 0 Å². The summed E-state index contributed by atoms with van der Waals surface area (Å²) in [5.41, 5.74) is 4.52. The lowest BCUT2D eigenvalue weighted by Gasteiger charge is -2.08. The number of benzene rings is 2. The molecule has 0 aliphatic carbocycles. The molecular formula is C20H20N4O. The summed E-state index contributed by atoms with van der Waals surface area (Å²) in [6.45, 7) is 4.67. The van der Waals surface area contributed by atoms with Crippen LogP contribution in [-0.4, -0.2) is 15.9 Å². The van der Waals surface area contributed by atoms with Gasteiger partial charge in [0.05, 0.1) is 0 Å². The Morgan fingerprint density at radius 3 is 2.48 bits per heavy atom. The second-order valence-corrected chi connectivity index (χ2v) is 5.95. The van der Waals surface area contributed by atoms with Crippen LogP contribution in [0.3, 0.4) is 0 Å². The fourth-order valence-corrected chi connectivity index (χ4v) is 2.51. The molecule has 0 radical (unpaired) electrons. The normalized spacial score (nSPS) is 10.3. The Labute approximate surface area is 147 Å². The second kappa shape index (κ2) is 7.57. The fourth-order valence-electron chi connectivity index (χ4n) is 2.51. The third-order valence-electron chi connectivity index (χ3n) is 3.73. The zero-order chi connectivity index (χ0) is 17.6. The van der Waals surface area contributed by atoms with Crippen LogP contribution in [0.1, 0.15) is 27.2 Å². The summed E-state index contributed by atoms with van der Waals surface area (Å²) in [6.07, 6.45) is 1.39. The van der Waals surface area contributed by atoms with Crippen molar-refractivity contribution in [1.82, 2.24) is 9.97 Å². The van der Waals surface area contributed by atoms with Crippen LogP contribution in [0, 0.1) is 13.8 Å². The number of aryl methyl sites for hydroxylation is 2. The van der Waals surface area contributed by atoms with Gasteiger partial charge in [-0.3, -0.25) is 4.79 Å². The first-order valence-electron chi connectivity index (χ1n) is 8.09. The summed E-state index contributed by atoms with van der Waals surface area (Å²) in [6, 6.07) is 17.5. The van der Waals surface area contributed by atoms with Gasteiger partial charge in [0, 0.05) is 18.3 Å². The molecule has 25 heavy (non-hydrogen) atoms. The topological polar surface area (TPSA) is 66.9 Å². The molecule has 0 saturated carbocycles. The predicted molar refractivity (Wildman–Crippen MR) is 99.7 cm³/mol. The number of aromatic nitrogens is 2. The molecule has 2 aromatic carbocycles. The molecule has 2 N–H and O–H groups in total. The Hall–Kier alpha value is -3.21. The highest BCUT2D eigenvalue weighted by atomic mass is 16.1. The zero-order valence-electron chi connectivity index (χ0n) is 14.3. The predicted octanol–water partition coefficient (Wildman–Crippen LogP) is 3.96. The maximum atomic E-state index is 12.4. The average Bonchev–Trinajstić information content (AvgIpc) is 2.60. The molecular weight excluding hydrogens is 312 g/mol. The lowest BCUT2D eigenvalue weighted by atomic mass is 10.1. The standard InChI is InChI=1S/C20H20N4O/c1-14-5-3-7-16(9-14)12-21-19-11-18(22-13-23-19)20(25)24-17-8-4-6-15(2)10-17/h3-11,13H,12H2,1-2H3,(H,24,25)(H,21,22,23). The molecule has 0 unspecified atom stereocenters. The maximum absolute atomic E-state index is 12.4. The summed E-state index contributed by atoms with van der Waals surface area (Å²) >= 11 is 0. The number of nitrogens with one attached hydrogen (secondary N) is 2. The molecule has 0 bridgehead atoms. The molecule has 5 nitrogen and oxygen atoms in total. The molecule has 0 fully saturated rings. The van der Waals surface area contributed by atoms with Crippen molar-refractivity contribution < 1.29 is 4.79 Å². The van der Waals surface area contributed by atoms with Crippen LogP contribution in [0.25, 0.3) is 0 Å². The van der Waals surface area contributed by atoms with Crippen molar-refractivity contribution in [3.63, 3.8) is 0 Å². The Morgan fingerprint density at radius 1 is 0.960 bits per heavy atom. The molecule has 0 spiro atoms. The van der Waals surface area contributed by atoms with Crippen LogP contribution in [0.5, 0.6) is 0 Å². The molecule has 0 saturated heterocycles. The number of nitrogens with zero attached hydrogens (tertiary/aromatic N) is 2. The molecule has 0 atom stereocenters. The van der Waals surface area contributed by atoms with Crippen molar-refractivity contribution in [2.24, 2.45) is 0 Å². The van der Waals surface area contributed by atoms with Gasteiger partial charge < -0.3 is 10.6 Å². The molecule has 0 aliphatic rings. The van der Waals surface area contributed by atoms with Gasteiger partial charge in [0.15, 0.2) is 0 Å². The summed E-state index contributed by atoms with van der Waals surface area (Å²) in [4.78, 5) is 20.6. The van der Waals surface area contributed by atoms with E-state index in [4.69, 9.17) is 0 Å². The number of hydrogen-bond acceptors (Lipinski definition) is 4. The van der Waals surface area contributed by atoms with Crippen molar-refractivity contribution in [2.45, 2.75) is 20.4 Å². The van der Waals surface area contributed by atoms with Gasteiger partial charge >= 0.3 is 0 Å². The first-order valence-corrected chi connectivity index (χ1v) is 8.09. The largest absolute Gasteiger partial charge is 0.366 e. The van der Waals surface area contributed by atoms with Gasteiger partial charge in [-0.25, -0.2) is 9.97 Å². The van der Waals surface area contributed by atoms with Gasteiger partial charge in [0.1, 0.15) is 17.8 Å². The Kier molecular flexibility index (Phi) is 5.04. The smallest absolute Gasteiger partial charge is 0.274 e. The van der Waals surface area contributed by atoms with Crippen molar-refractivity contribution in [2.75, 3.05) is 10.6 Å². The average molecular weight is 332 g/mol. The molecule has 1 aromatic heterocycles. The first-order chi connectivity index (χ1) is 12.1. The molecule has 3 rings (SSSR count). The minimum Gasteiger partial charge on any atom is -0.366 e. The molecule has 1 amide bonds. The highest BCUT2D eigenvalue weighted by Gasteiger charge is 2.09. The van der Waals surface area contributed by atoms with E-state index in [9.17, 15) is 4.79 Å². The van der Waals surface area contributed by atoms with Crippen LogP contribution in [0.15, 0.2) is 60.9 Å².